The molecule has 1 saturated heterocycles. The summed E-state index contributed by atoms with van der Waals surface area (Å²) in [6.45, 7) is 6.92. The number of H-pyrrole nitrogens is 1. The van der Waals surface area contributed by atoms with Crippen LogP contribution in [0.15, 0.2) is 0 Å². The Morgan fingerprint density at radius 3 is 2.89 bits per heavy atom. The van der Waals surface area contributed by atoms with E-state index in [0.717, 1.165) is 43.9 Å². The lowest BCUT2D eigenvalue weighted by molar-refractivity contribution is 0.178. The molecule has 1 aromatic rings. The van der Waals surface area contributed by atoms with Gasteiger partial charge in [0.2, 0.25) is 5.95 Å². The molecule has 0 amide bonds. The van der Waals surface area contributed by atoms with E-state index in [9.17, 15) is 0 Å². The molecule has 1 fully saturated rings. The third kappa shape index (κ3) is 3.43. The van der Waals surface area contributed by atoms with E-state index in [1.807, 2.05) is 0 Å². The summed E-state index contributed by atoms with van der Waals surface area (Å²) in [5.74, 6) is 2.39. The average molecular weight is 253 g/mol. The maximum Gasteiger partial charge on any atom is 0.244 e. The molecule has 0 spiro atoms. The number of methoxy groups -OCH3 is 1. The molecular formula is C12H23N5O. The second-order valence-corrected chi connectivity index (χ2v) is 4.75. The molecule has 0 bridgehead atoms. The zero-order chi connectivity index (χ0) is 12.8. The molecule has 1 aromatic heterocycles. The van der Waals surface area contributed by atoms with E-state index >= 15 is 0 Å². The van der Waals surface area contributed by atoms with Crippen LogP contribution < -0.4 is 10.2 Å². The highest BCUT2D eigenvalue weighted by Gasteiger charge is 2.21. The first kappa shape index (κ1) is 13.3. The minimum atomic E-state index is 0.490. The van der Waals surface area contributed by atoms with Crippen molar-refractivity contribution >= 4 is 5.95 Å². The molecule has 1 aliphatic rings. The van der Waals surface area contributed by atoms with Gasteiger partial charge in [0.05, 0.1) is 0 Å². The summed E-state index contributed by atoms with van der Waals surface area (Å²) < 4.78 is 5.03. The van der Waals surface area contributed by atoms with Crippen LogP contribution in [0.2, 0.25) is 0 Å². The van der Waals surface area contributed by atoms with Gasteiger partial charge in [-0.3, -0.25) is 5.10 Å². The third-order valence-electron chi connectivity index (χ3n) is 3.38. The van der Waals surface area contributed by atoms with E-state index in [1.54, 1.807) is 7.11 Å². The van der Waals surface area contributed by atoms with Crippen molar-refractivity contribution in [1.82, 2.24) is 20.5 Å². The Balaban J connectivity index is 1.81. The number of rotatable bonds is 6. The summed E-state index contributed by atoms with van der Waals surface area (Å²) in [4.78, 5) is 6.68. The molecule has 2 rings (SSSR count). The minimum absolute atomic E-state index is 0.490. The molecule has 0 atom stereocenters. The number of aromatic nitrogens is 3. The normalized spacial score (nSPS) is 17.3. The van der Waals surface area contributed by atoms with Gasteiger partial charge in [-0.15, -0.1) is 5.10 Å². The molecule has 6 nitrogen and oxygen atoms in total. The highest BCUT2D eigenvalue weighted by atomic mass is 16.5. The summed E-state index contributed by atoms with van der Waals surface area (Å²) in [6.07, 6.45) is 2.42. The van der Waals surface area contributed by atoms with Gasteiger partial charge in [-0.1, -0.05) is 6.92 Å². The van der Waals surface area contributed by atoms with Crippen LogP contribution in [0.4, 0.5) is 5.95 Å². The lowest BCUT2D eigenvalue weighted by Gasteiger charge is -2.31. The van der Waals surface area contributed by atoms with Gasteiger partial charge in [0.1, 0.15) is 6.61 Å². The Bertz CT molecular complexity index is 346. The summed E-state index contributed by atoms with van der Waals surface area (Å²) in [5.41, 5.74) is 0. The standard InChI is InChI=1S/C12H23N5O/c1-3-13-8-10-4-6-17(7-5-10)12-14-11(9-18-2)15-16-12/h10,13H,3-9H2,1-2H3,(H,14,15,16). The monoisotopic (exact) mass is 253 g/mol. The first-order chi connectivity index (χ1) is 8.83. The summed E-state index contributed by atoms with van der Waals surface area (Å²) in [5, 5.41) is 10.6. The van der Waals surface area contributed by atoms with E-state index in [1.165, 1.54) is 12.8 Å². The molecular weight excluding hydrogens is 230 g/mol. The van der Waals surface area contributed by atoms with Gasteiger partial charge >= 0.3 is 0 Å². The fraction of sp³-hybridized carbons (Fsp3) is 0.833. The van der Waals surface area contributed by atoms with Gasteiger partial charge in [-0.25, -0.2) is 0 Å². The number of nitrogens with zero attached hydrogens (tertiary/aromatic N) is 3. The van der Waals surface area contributed by atoms with E-state index in [2.05, 4.69) is 32.3 Å². The number of anilines is 1. The van der Waals surface area contributed by atoms with Crippen molar-refractivity contribution in [2.75, 3.05) is 38.2 Å². The second-order valence-electron chi connectivity index (χ2n) is 4.75. The first-order valence-corrected chi connectivity index (χ1v) is 6.69. The molecule has 0 aromatic carbocycles. The minimum Gasteiger partial charge on any atom is -0.377 e. The van der Waals surface area contributed by atoms with Crippen LogP contribution in [-0.2, 0) is 11.3 Å². The molecule has 0 aliphatic carbocycles. The number of aromatic amines is 1. The van der Waals surface area contributed by atoms with E-state index in [-0.39, 0.29) is 0 Å². The van der Waals surface area contributed by atoms with Crippen LogP contribution >= 0.6 is 0 Å². The van der Waals surface area contributed by atoms with E-state index in [4.69, 9.17) is 4.74 Å². The van der Waals surface area contributed by atoms with Crippen LogP contribution in [0.3, 0.4) is 0 Å². The Kier molecular flexibility index (Phi) is 4.95. The maximum absolute atomic E-state index is 5.03. The fourth-order valence-electron chi connectivity index (χ4n) is 2.31. The highest BCUT2D eigenvalue weighted by Crippen LogP contribution is 2.20. The van der Waals surface area contributed by atoms with Gasteiger partial charge in [0.15, 0.2) is 5.82 Å². The van der Waals surface area contributed by atoms with Crippen molar-refractivity contribution in [3.63, 3.8) is 0 Å². The Hall–Kier alpha value is -1.14. The maximum atomic E-state index is 5.03. The first-order valence-electron chi connectivity index (χ1n) is 6.69. The molecule has 1 aliphatic heterocycles. The molecule has 0 unspecified atom stereocenters. The second kappa shape index (κ2) is 6.70. The fourth-order valence-corrected chi connectivity index (χ4v) is 2.31. The zero-order valence-corrected chi connectivity index (χ0v) is 11.3. The Morgan fingerprint density at radius 2 is 2.22 bits per heavy atom. The predicted octanol–water partition coefficient (Wildman–Crippen LogP) is 0.777. The third-order valence-corrected chi connectivity index (χ3v) is 3.38. The Labute approximate surface area is 108 Å². The van der Waals surface area contributed by atoms with Gasteiger partial charge < -0.3 is 15.0 Å². The lowest BCUT2D eigenvalue weighted by Crippen LogP contribution is -2.37. The predicted molar refractivity (Wildman–Crippen MR) is 70.6 cm³/mol. The molecule has 102 valence electrons. The quantitative estimate of drug-likeness (QED) is 0.784. The highest BCUT2D eigenvalue weighted by molar-refractivity contribution is 5.29. The van der Waals surface area contributed by atoms with Crippen LogP contribution in [0, 0.1) is 5.92 Å². The SMILES string of the molecule is CCNCC1CCN(c2n[nH]c(COC)n2)CC1. The van der Waals surface area contributed by atoms with Crippen molar-refractivity contribution in [3.05, 3.63) is 5.82 Å². The smallest absolute Gasteiger partial charge is 0.244 e. The van der Waals surface area contributed by atoms with Crippen LogP contribution in [0.5, 0.6) is 0 Å². The van der Waals surface area contributed by atoms with Gasteiger partial charge in [-0.2, -0.15) is 4.98 Å². The topological polar surface area (TPSA) is 66.1 Å². The van der Waals surface area contributed by atoms with Crippen molar-refractivity contribution in [2.45, 2.75) is 26.4 Å². The van der Waals surface area contributed by atoms with E-state index < -0.39 is 0 Å². The molecule has 6 heteroatoms. The van der Waals surface area contributed by atoms with E-state index in [0.29, 0.717) is 6.61 Å². The van der Waals surface area contributed by atoms with Gasteiger partial charge in [0.25, 0.3) is 0 Å². The number of hydrogen-bond acceptors (Lipinski definition) is 5. The summed E-state index contributed by atoms with van der Waals surface area (Å²) in [7, 11) is 1.66. The van der Waals surface area contributed by atoms with Crippen molar-refractivity contribution in [1.29, 1.82) is 0 Å². The van der Waals surface area contributed by atoms with Crippen LogP contribution in [-0.4, -0.2) is 48.5 Å². The molecule has 0 saturated carbocycles. The molecule has 18 heavy (non-hydrogen) atoms. The summed E-state index contributed by atoms with van der Waals surface area (Å²) >= 11 is 0. The number of hydrogen-bond donors (Lipinski definition) is 2. The van der Waals surface area contributed by atoms with Gasteiger partial charge in [-0.05, 0) is 31.8 Å². The van der Waals surface area contributed by atoms with Crippen molar-refractivity contribution in [2.24, 2.45) is 5.92 Å². The lowest BCUT2D eigenvalue weighted by atomic mass is 9.97. The van der Waals surface area contributed by atoms with Gasteiger partial charge in [0, 0.05) is 20.2 Å². The molecule has 2 heterocycles. The Morgan fingerprint density at radius 1 is 1.44 bits per heavy atom. The zero-order valence-electron chi connectivity index (χ0n) is 11.3. The van der Waals surface area contributed by atoms with Crippen LogP contribution in [0.1, 0.15) is 25.6 Å². The molecule has 0 radical (unpaired) electrons. The van der Waals surface area contributed by atoms with Crippen molar-refractivity contribution in [3.8, 4) is 0 Å². The van der Waals surface area contributed by atoms with Crippen LogP contribution in [0.25, 0.3) is 0 Å². The number of nitrogens with one attached hydrogen (secondary N) is 2. The largest absolute Gasteiger partial charge is 0.377 e. The number of ether oxygens (including phenoxy) is 1. The summed E-state index contributed by atoms with van der Waals surface area (Å²) in [6, 6.07) is 0. The van der Waals surface area contributed by atoms with Crippen molar-refractivity contribution < 1.29 is 4.74 Å². The average Bonchev–Trinajstić information content (AvgIpc) is 2.86. The molecule has 2 N–H and O–H groups in total. The number of piperidine rings is 1.